The fourth-order valence-corrected chi connectivity index (χ4v) is 5.26. The molecule has 1 fully saturated rings. The molecule has 5 unspecified atom stereocenters. The van der Waals surface area contributed by atoms with Crippen molar-refractivity contribution in [1.29, 1.82) is 0 Å². The minimum Gasteiger partial charge on any atom is -0.486 e. The average Bonchev–Trinajstić information content (AvgIpc) is 2.74. The lowest BCUT2D eigenvalue weighted by Gasteiger charge is -2.39. The van der Waals surface area contributed by atoms with E-state index in [4.69, 9.17) is 9.47 Å². The lowest BCUT2D eigenvalue weighted by molar-refractivity contribution is -0.0700. The molecule has 5 atom stereocenters. The molecule has 1 saturated heterocycles. The molecule has 0 spiro atoms. The fraction of sp³-hybridized carbons (Fsp3) is 0.455. The molecule has 2 heterocycles. The Bertz CT molecular complexity index is 870. The summed E-state index contributed by atoms with van der Waals surface area (Å²) >= 11 is 1.30. The van der Waals surface area contributed by atoms with Gasteiger partial charge in [-0.15, -0.1) is 11.8 Å². The van der Waals surface area contributed by atoms with Crippen LogP contribution in [0.2, 0.25) is 0 Å². The van der Waals surface area contributed by atoms with Gasteiger partial charge in [0.05, 0.1) is 29.3 Å². The van der Waals surface area contributed by atoms with Crippen LogP contribution in [0.5, 0.6) is 11.5 Å². The second-order valence-electron chi connectivity index (χ2n) is 7.59. The Morgan fingerprint density at radius 3 is 2.45 bits per heavy atom. The number of hydrogen-bond donors (Lipinski definition) is 4. The van der Waals surface area contributed by atoms with E-state index in [1.807, 2.05) is 43.3 Å². The number of ether oxygens (including phenoxy) is 2. The van der Waals surface area contributed by atoms with Gasteiger partial charge >= 0.3 is 0 Å². The van der Waals surface area contributed by atoms with Crippen molar-refractivity contribution in [2.75, 3.05) is 19.8 Å². The Kier molecular flexibility index (Phi) is 6.03. The van der Waals surface area contributed by atoms with E-state index in [9.17, 15) is 20.4 Å². The van der Waals surface area contributed by atoms with Crippen LogP contribution >= 0.6 is 11.8 Å². The van der Waals surface area contributed by atoms with Crippen molar-refractivity contribution >= 4 is 11.8 Å². The highest BCUT2D eigenvalue weighted by atomic mass is 32.2. The van der Waals surface area contributed by atoms with Gasteiger partial charge in [0.15, 0.2) is 11.5 Å². The van der Waals surface area contributed by atoms with Gasteiger partial charge in [0.2, 0.25) is 0 Å². The number of aliphatic hydroxyl groups excluding tert-OH is 4. The largest absolute Gasteiger partial charge is 0.486 e. The van der Waals surface area contributed by atoms with E-state index in [0.29, 0.717) is 19.6 Å². The first-order valence-corrected chi connectivity index (χ1v) is 10.7. The molecule has 6 nitrogen and oxygen atoms in total. The van der Waals surface area contributed by atoms with Crippen LogP contribution in [0.1, 0.15) is 27.5 Å². The van der Waals surface area contributed by atoms with Gasteiger partial charge in [-0.1, -0.05) is 24.3 Å². The van der Waals surface area contributed by atoms with E-state index in [1.54, 1.807) is 0 Å². The lowest BCUT2D eigenvalue weighted by atomic mass is 9.93. The zero-order valence-electron chi connectivity index (χ0n) is 16.2. The molecule has 4 N–H and O–H groups in total. The average molecular weight is 419 g/mol. The van der Waals surface area contributed by atoms with Crippen molar-refractivity contribution < 1.29 is 29.9 Å². The molecule has 2 aromatic rings. The number of aryl methyl sites for hydroxylation is 1. The summed E-state index contributed by atoms with van der Waals surface area (Å²) < 4.78 is 11.3. The first-order chi connectivity index (χ1) is 14.0. The van der Waals surface area contributed by atoms with Crippen molar-refractivity contribution in [3.8, 4) is 11.5 Å². The predicted octanol–water partition coefficient (Wildman–Crippen LogP) is 1.59. The second kappa shape index (κ2) is 8.53. The van der Waals surface area contributed by atoms with Crippen molar-refractivity contribution in [2.24, 2.45) is 0 Å². The van der Waals surface area contributed by atoms with E-state index < -0.39 is 28.8 Å². The maximum absolute atomic E-state index is 10.5. The van der Waals surface area contributed by atoms with Gasteiger partial charge in [-0.25, -0.2) is 0 Å². The Morgan fingerprint density at radius 1 is 0.931 bits per heavy atom. The van der Waals surface area contributed by atoms with Crippen molar-refractivity contribution in [1.82, 2.24) is 0 Å². The fourth-order valence-electron chi connectivity index (χ4n) is 3.85. The molecule has 0 radical (unpaired) electrons. The molecule has 0 aromatic heterocycles. The van der Waals surface area contributed by atoms with Crippen LogP contribution in [0.3, 0.4) is 0 Å². The molecule has 4 rings (SSSR count). The third-order valence-corrected chi connectivity index (χ3v) is 7.22. The molecule has 2 aliphatic heterocycles. The quantitative estimate of drug-likeness (QED) is 0.598. The first kappa shape index (κ1) is 20.5. The zero-order chi connectivity index (χ0) is 20.5. The number of hydrogen-bond acceptors (Lipinski definition) is 7. The monoisotopic (exact) mass is 418 g/mol. The van der Waals surface area contributed by atoms with E-state index in [1.165, 1.54) is 11.8 Å². The summed E-state index contributed by atoms with van der Waals surface area (Å²) in [5, 5.41) is 39.3. The van der Waals surface area contributed by atoms with Crippen LogP contribution in [0.15, 0.2) is 36.4 Å². The Morgan fingerprint density at radius 2 is 1.69 bits per heavy atom. The molecular formula is C22H26O6S. The van der Waals surface area contributed by atoms with Gasteiger partial charge in [0.25, 0.3) is 0 Å². The van der Waals surface area contributed by atoms with Crippen LogP contribution < -0.4 is 9.47 Å². The third kappa shape index (κ3) is 4.11. The van der Waals surface area contributed by atoms with Crippen LogP contribution in [-0.4, -0.2) is 63.8 Å². The van der Waals surface area contributed by atoms with Gasteiger partial charge < -0.3 is 29.9 Å². The Balaban J connectivity index is 1.59. The molecule has 0 aliphatic carbocycles. The molecule has 0 saturated carbocycles. The minimum atomic E-state index is -1.29. The number of aliphatic hydroxyl groups is 4. The molecule has 7 heteroatoms. The van der Waals surface area contributed by atoms with Gasteiger partial charge in [0, 0.05) is 0 Å². The van der Waals surface area contributed by atoms with E-state index in [-0.39, 0.29) is 6.61 Å². The van der Waals surface area contributed by atoms with Crippen molar-refractivity contribution in [2.45, 2.75) is 42.2 Å². The molecule has 2 aromatic carbocycles. The van der Waals surface area contributed by atoms with E-state index in [0.717, 1.165) is 33.8 Å². The maximum atomic E-state index is 10.5. The van der Waals surface area contributed by atoms with Gasteiger partial charge in [-0.2, -0.15) is 0 Å². The molecule has 156 valence electrons. The maximum Gasteiger partial charge on any atom is 0.161 e. The summed E-state index contributed by atoms with van der Waals surface area (Å²) in [5.74, 6) is 1.51. The molecule has 29 heavy (non-hydrogen) atoms. The number of fused-ring (bicyclic) bond motifs is 1. The second-order valence-corrected chi connectivity index (χ2v) is 8.98. The summed E-state index contributed by atoms with van der Waals surface area (Å²) in [6.07, 6.45) is -2.86. The standard InChI is InChI=1S/C22H26O6S/c1-12-2-4-14(22-21(26)20(25)19(24)18(11-23)29-22)10-15(12)8-13-3-5-16-17(9-13)28-7-6-27-16/h2-5,9-10,18-26H,6-8,11H2,1H3. The SMILES string of the molecule is Cc1ccc(C2SC(CO)C(O)C(O)C2O)cc1Cc1ccc2c(c1)OCCO2. The van der Waals surface area contributed by atoms with Crippen molar-refractivity contribution in [3.05, 3.63) is 58.7 Å². The van der Waals surface area contributed by atoms with Gasteiger partial charge in [0.1, 0.15) is 19.3 Å². The lowest BCUT2D eigenvalue weighted by Crippen LogP contribution is -2.51. The summed E-state index contributed by atoms with van der Waals surface area (Å²) in [5.41, 5.74) is 4.19. The smallest absolute Gasteiger partial charge is 0.161 e. The summed E-state index contributed by atoms with van der Waals surface area (Å²) in [7, 11) is 0. The highest BCUT2D eigenvalue weighted by Crippen LogP contribution is 2.43. The van der Waals surface area contributed by atoms with E-state index in [2.05, 4.69) is 0 Å². The van der Waals surface area contributed by atoms with Crippen LogP contribution in [0, 0.1) is 6.92 Å². The minimum absolute atomic E-state index is 0.262. The highest BCUT2D eigenvalue weighted by molar-refractivity contribution is 8.00. The molecular weight excluding hydrogens is 392 g/mol. The number of thioether (sulfide) groups is 1. The summed E-state index contributed by atoms with van der Waals surface area (Å²) in [6.45, 7) is 2.88. The molecule has 0 bridgehead atoms. The Labute approximate surface area is 174 Å². The van der Waals surface area contributed by atoms with Crippen LogP contribution in [0.4, 0.5) is 0 Å². The summed E-state index contributed by atoms with van der Waals surface area (Å²) in [6, 6.07) is 11.9. The van der Waals surface area contributed by atoms with Gasteiger partial charge in [-0.05, 0) is 47.7 Å². The highest BCUT2D eigenvalue weighted by Gasteiger charge is 2.43. The van der Waals surface area contributed by atoms with E-state index >= 15 is 0 Å². The number of rotatable bonds is 4. The summed E-state index contributed by atoms with van der Waals surface area (Å²) in [4.78, 5) is 0. The Hall–Kier alpha value is -1.77. The number of benzene rings is 2. The first-order valence-electron chi connectivity index (χ1n) is 9.76. The van der Waals surface area contributed by atoms with Crippen LogP contribution in [0.25, 0.3) is 0 Å². The normalized spacial score (nSPS) is 28.9. The van der Waals surface area contributed by atoms with Crippen LogP contribution in [-0.2, 0) is 6.42 Å². The van der Waals surface area contributed by atoms with Gasteiger partial charge in [-0.3, -0.25) is 0 Å². The predicted molar refractivity (Wildman–Crippen MR) is 111 cm³/mol. The van der Waals surface area contributed by atoms with Crippen molar-refractivity contribution in [3.63, 3.8) is 0 Å². The molecule has 0 amide bonds. The zero-order valence-corrected chi connectivity index (χ0v) is 17.0. The molecule has 2 aliphatic rings. The topological polar surface area (TPSA) is 99.4 Å². The third-order valence-electron chi connectivity index (χ3n) is 5.60.